The Kier molecular flexibility index (Phi) is 5.87. The molecule has 3 aromatic carbocycles. The van der Waals surface area contributed by atoms with Crippen molar-refractivity contribution in [3.05, 3.63) is 75.8 Å². The van der Waals surface area contributed by atoms with Gasteiger partial charge in [-0.25, -0.2) is 9.78 Å². The van der Waals surface area contributed by atoms with Crippen LogP contribution in [0.4, 0.5) is 11.4 Å². The van der Waals surface area contributed by atoms with Gasteiger partial charge in [0.1, 0.15) is 11.9 Å². The van der Waals surface area contributed by atoms with Gasteiger partial charge in [-0.05, 0) is 66.1 Å². The molecule has 0 spiro atoms. The van der Waals surface area contributed by atoms with Crippen LogP contribution in [0.25, 0.3) is 21.7 Å². The lowest BCUT2D eigenvalue weighted by molar-refractivity contribution is -0.143. The molecule has 1 aliphatic heterocycles. The number of H-pyrrole nitrogens is 1. The van der Waals surface area contributed by atoms with E-state index in [2.05, 4.69) is 9.97 Å². The third-order valence-electron chi connectivity index (χ3n) is 6.78. The van der Waals surface area contributed by atoms with Gasteiger partial charge in [0.05, 0.1) is 10.9 Å². The van der Waals surface area contributed by atoms with Crippen molar-refractivity contribution in [2.45, 2.75) is 32.4 Å². The minimum atomic E-state index is -1.23. The number of nitrogens with one attached hydrogen (secondary N) is 1. The van der Waals surface area contributed by atoms with Crippen LogP contribution in [0.1, 0.15) is 34.6 Å². The molecule has 1 atom stereocenters. The van der Waals surface area contributed by atoms with Crippen LogP contribution in [-0.4, -0.2) is 56.0 Å². The Bertz CT molecular complexity index is 1660. The van der Waals surface area contributed by atoms with E-state index in [1.165, 1.54) is 4.90 Å². The highest BCUT2D eigenvalue weighted by Gasteiger charge is 2.36. The summed E-state index contributed by atoms with van der Waals surface area (Å²) in [6.45, 7) is 1.81. The fourth-order valence-electron chi connectivity index (χ4n) is 4.88. The summed E-state index contributed by atoms with van der Waals surface area (Å²) in [5.41, 5.74) is 3.05. The molecule has 1 aromatic heterocycles. The molecule has 0 saturated carbocycles. The molecular formula is C27H24N4O6. The van der Waals surface area contributed by atoms with Crippen LogP contribution in [0.15, 0.2) is 53.3 Å². The maximum Gasteiger partial charge on any atom is 0.326 e. The number of carbonyl (C=O) groups excluding carboxylic acids is 1. The molecule has 5 rings (SSSR count). The maximum atomic E-state index is 12.9. The average molecular weight is 501 g/mol. The SMILES string of the molecule is Cc1nc2ccc3ccc(N(C)c4ccc5c(c4)CN([C@@H](CCC(=O)O)C(=O)O)C5=O)cc3c2c(=O)[nH]1. The van der Waals surface area contributed by atoms with Gasteiger partial charge < -0.3 is 25.0 Å². The minimum Gasteiger partial charge on any atom is -0.481 e. The van der Waals surface area contributed by atoms with Crippen molar-refractivity contribution in [2.24, 2.45) is 0 Å². The lowest BCUT2D eigenvalue weighted by Crippen LogP contribution is -2.41. The van der Waals surface area contributed by atoms with Crippen molar-refractivity contribution in [1.29, 1.82) is 0 Å². The van der Waals surface area contributed by atoms with Gasteiger partial charge >= 0.3 is 11.9 Å². The molecule has 188 valence electrons. The summed E-state index contributed by atoms with van der Waals surface area (Å²) < 4.78 is 0. The predicted octanol–water partition coefficient (Wildman–Crippen LogP) is 3.43. The molecule has 10 heteroatoms. The van der Waals surface area contributed by atoms with Crippen LogP contribution in [0, 0.1) is 6.92 Å². The summed E-state index contributed by atoms with van der Waals surface area (Å²) in [5.74, 6) is -2.24. The fourth-order valence-corrected chi connectivity index (χ4v) is 4.88. The largest absolute Gasteiger partial charge is 0.481 e. The van der Waals surface area contributed by atoms with Crippen LogP contribution >= 0.6 is 0 Å². The summed E-state index contributed by atoms with van der Waals surface area (Å²) in [7, 11) is 1.86. The quantitative estimate of drug-likeness (QED) is 0.328. The zero-order chi connectivity index (χ0) is 26.4. The van der Waals surface area contributed by atoms with Crippen LogP contribution < -0.4 is 10.5 Å². The second kappa shape index (κ2) is 9.05. The highest BCUT2D eigenvalue weighted by Crippen LogP contribution is 2.34. The number of rotatable bonds is 7. The summed E-state index contributed by atoms with van der Waals surface area (Å²) >= 11 is 0. The van der Waals surface area contributed by atoms with Crippen molar-refractivity contribution in [3.63, 3.8) is 0 Å². The Morgan fingerprint density at radius 2 is 1.78 bits per heavy atom. The van der Waals surface area contributed by atoms with Gasteiger partial charge in [-0.3, -0.25) is 14.4 Å². The van der Waals surface area contributed by atoms with E-state index in [0.717, 1.165) is 22.1 Å². The molecule has 10 nitrogen and oxygen atoms in total. The van der Waals surface area contributed by atoms with Gasteiger partial charge in [-0.15, -0.1) is 0 Å². The first-order valence-electron chi connectivity index (χ1n) is 11.7. The molecule has 4 aromatic rings. The van der Waals surface area contributed by atoms with E-state index in [9.17, 15) is 24.3 Å². The normalized spacial score (nSPS) is 13.7. The van der Waals surface area contributed by atoms with Gasteiger partial charge in [-0.1, -0.05) is 12.1 Å². The fraction of sp³-hybridized carbons (Fsp3) is 0.222. The van der Waals surface area contributed by atoms with Gasteiger partial charge in [-0.2, -0.15) is 0 Å². The second-order valence-electron chi connectivity index (χ2n) is 9.14. The number of carboxylic acid groups (broad SMARTS) is 2. The number of carboxylic acids is 2. The van der Waals surface area contributed by atoms with Crippen LogP contribution in [-0.2, 0) is 16.1 Å². The first-order valence-corrected chi connectivity index (χ1v) is 11.7. The number of hydrogen-bond acceptors (Lipinski definition) is 6. The number of nitrogens with zero attached hydrogens (tertiary/aromatic N) is 3. The Morgan fingerprint density at radius 1 is 1.08 bits per heavy atom. The van der Waals surface area contributed by atoms with E-state index in [4.69, 9.17) is 5.11 Å². The first-order chi connectivity index (χ1) is 17.6. The topological polar surface area (TPSA) is 144 Å². The first kappa shape index (κ1) is 24.0. The average Bonchev–Trinajstić information content (AvgIpc) is 3.17. The third kappa shape index (κ3) is 4.26. The summed E-state index contributed by atoms with van der Waals surface area (Å²) in [5, 5.41) is 20.7. The smallest absolute Gasteiger partial charge is 0.326 e. The van der Waals surface area contributed by atoms with E-state index in [1.54, 1.807) is 19.1 Å². The molecular weight excluding hydrogens is 476 g/mol. The Balaban J connectivity index is 1.48. The number of anilines is 2. The highest BCUT2D eigenvalue weighted by atomic mass is 16.4. The molecule has 1 aliphatic rings. The second-order valence-corrected chi connectivity index (χ2v) is 9.14. The van der Waals surface area contributed by atoms with Gasteiger partial charge in [0, 0.05) is 37.0 Å². The van der Waals surface area contributed by atoms with E-state index in [0.29, 0.717) is 27.9 Å². The van der Waals surface area contributed by atoms with Crippen LogP contribution in [0.3, 0.4) is 0 Å². The van der Waals surface area contributed by atoms with Gasteiger partial charge in [0.15, 0.2) is 0 Å². The van der Waals surface area contributed by atoms with E-state index >= 15 is 0 Å². The lowest BCUT2D eigenvalue weighted by Gasteiger charge is -2.23. The van der Waals surface area contributed by atoms with Gasteiger partial charge in [0.25, 0.3) is 11.5 Å². The molecule has 0 unspecified atom stereocenters. The molecule has 0 radical (unpaired) electrons. The van der Waals surface area contributed by atoms with E-state index < -0.39 is 23.9 Å². The molecule has 2 heterocycles. The number of carbonyl (C=O) groups is 3. The molecule has 0 fully saturated rings. The number of aromatic nitrogens is 2. The summed E-state index contributed by atoms with van der Waals surface area (Å²) in [6, 6.07) is 13.6. The van der Waals surface area contributed by atoms with Crippen molar-refractivity contribution >= 4 is 50.9 Å². The zero-order valence-corrected chi connectivity index (χ0v) is 20.2. The van der Waals surface area contributed by atoms with E-state index in [-0.39, 0.29) is 24.9 Å². The molecule has 0 bridgehead atoms. The monoisotopic (exact) mass is 500 g/mol. The zero-order valence-electron chi connectivity index (χ0n) is 20.2. The molecule has 1 amide bonds. The standard InChI is InChI=1S/C27H24N4O6/c1-14-28-21-8-4-15-3-5-18(12-20(15)24(21)25(34)29-14)30(2)17-6-7-19-16(11-17)13-31(26(19)35)22(27(36)37)9-10-23(32)33/h3-8,11-12,22H,9-10,13H2,1-2H3,(H,32,33)(H,36,37)(H,28,29,34)/t22-/m0/s1. The third-order valence-corrected chi connectivity index (χ3v) is 6.78. The summed E-state index contributed by atoms with van der Waals surface area (Å²) in [6.07, 6.45) is -0.518. The number of aromatic amines is 1. The van der Waals surface area contributed by atoms with Crippen molar-refractivity contribution in [3.8, 4) is 0 Å². The molecule has 0 aliphatic carbocycles. The Morgan fingerprint density at radius 3 is 2.51 bits per heavy atom. The van der Waals surface area contributed by atoms with Crippen molar-refractivity contribution in [1.82, 2.24) is 14.9 Å². The Labute approximate surface area is 210 Å². The molecule has 0 saturated heterocycles. The lowest BCUT2D eigenvalue weighted by atomic mass is 10.0. The van der Waals surface area contributed by atoms with E-state index in [1.807, 2.05) is 48.3 Å². The number of benzene rings is 3. The van der Waals surface area contributed by atoms with Gasteiger partial charge in [0.2, 0.25) is 0 Å². The summed E-state index contributed by atoms with van der Waals surface area (Å²) in [4.78, 5) is 58.7. The number of aliphatic carboxylic acids is 2. The number of aryl methyl sites for hydroxylation is 1. The number of fused-ring (bicyclic) bond motifs is 4. The molecule has 3 N–H and O–H groups in total. The van der Waals surface area contributed by atoms with Crippen LogP contribution in [0.2, 0.25) is 0 Å². The number of amides is 1. The Hall–Kier alpha value is -4.73. The number of hydrogen-bond donors (Lipinski definition) is 3. The minimum absolute atomic E-state index is 0.0786. The van der Waals surface area contributed by atoms with Crippen molar-refractivity contribution in [2.75, 3.05) is 11.9 Å². The predicted molar refractivity (Wildman–Crippen MR) is 137 cm³/mol. The van der Waals surface area contributed by atoms with Crippen LogP contribution in [0.5, 0.6) is 0 Å². The van der Waals surface area contributed by atoms with Crippen molar-refractivity contribution < 1.29 is 24.6 Å². The molecule has 37 heavy (non-hydrogen) atoms. The highest BCUT2D eigenvalue weighted by molar-refractivity contribution is 6.07. The maximum absolute atomic E-state index is 12.9.